The van der Waals surface area contributed by atoms with Crippen LogP contribution < -0.4 is 24.8 Å². The van der Waals surface area contributed by atoms with E-state index >= 15 is 0 Å². The molecule has 0 amide bonds. The van der Waals surface area contributed by atoms with Gasteiger partial charge in [0.2, 0.25) is 0 Å². The normalized spacial score (nSPS) is 19.4. The van der Waals surface area contributed by atoms with Crippen molar-refractivity contribution in [3.05, 3.63) is 81.9 Å². The first-order valence-electron chi connectivity index (χ1n) is 8.77. The molecule has 0 nitrogen and oxygen atoms in total. The van der Waals surface area contributed by atoms with Gasteiger partial charge in [-0.2, -0.15) is 0 Å². The molecular formula is C22H24Cl2S2Zr. The summed E-state index contributed by atoms with van der Waals surface area (Å²) >= 11 is -2.77. The summed E-state index contributed by atoms with van der Waals surface area (Å²) < 4.78 is 1.30. The topological polar surface area (TPSA) is 0 Å². The molecule has 2 aromatic rings. The zero-order chi connectivity index (χ0) is 17.6. The summed E-state index contributed by atoms with van der Waals surface area (Å²) in [4.78, 5) is 0. The van der Waals surface area contributed by atoms with E-state index in [0.717, 1.165) is 0 Å². The third-order valence-corrected chi connectivity index (χ3v) is 35.6. The first kappa shape index (κ1) is 23.4. The Balaban J connectivity index is 0.00000131. The van der Waals surface area contributed by atoms with Gasteiger partial charge in [0.15, 0.2) is 0 Å². The minimum atomic E-state index is -2.77. The van der Waals surface area contributed by atoms with Gasteiger partial charge in [-0.05, 0) is 0 Å². The van der Waals surface area contributed by atoms with E-state index in [0.29, 0.717) is 7.25 Å². The SMILES string of the molecule is C[S][Zr+2]([S]C)([CH]1C(C)=Cc2ccccc21)[CH]1C(C)=Cc2ccccc21.[Cl-].[Cl-]. The number of benzene rings is 2. The first-order valence-corrected chi connectivity index (χ1v) is 20.1. The number of allylic oxidation sites excluding steroid dienone is 2. The van der Waals surface area contributed by atoms with Gasteiger partial charge in [-0.3, -0.25) is 0 Å². The van der Waals surface area contributed by atoms with E-state index < -0.39 is 17.3 Å². The molecule has 4 rings (SSSR count). The monoisotopic (exact) mass is 512 g/mol. The predicted molar refractivity (Wildman–Crippen MR) is 113 cm³/mol. The number of hydrogen-bond donors (Lipinski definition) is 0. The van der Waals surface area contributed by atoms with Crippen LogP contribution in [0.2, 0.25) is 0 Å². The predicted octanol–water partition coefficient (Wildman–Crippen LogP) is 1.02. The standard InChI is InChI=1S/2C10H9.2CH4S.2ClH.Zr/c2*1-8-6-9-4-2-3-5-10(9)7-8;2*1-2;;;/h2*2-7H,1H3;2*2H,1H3;2*1H;/q;;;;;;+4/p-4. The molecule has 0 saturated heterocycles. The summed E-state index contributed by atoms with van der Waals surface area (Å²) in [6.07, 6.45) is 9.65. The van der Waals surface area contributed by atoms with Crippen LogP contribution >= 0.6 is 17.0 Å². The van der Waals surface area contributed by atoms with Gasteiger partial charge < -0.3 is 24.8 Å². The molecule has 0 aromatic heterocycles. The van der Waals surface area contributed by atoms with Crippen molar-refractivity contribution in [3.8, 4) is 0 Å². The van der Waals surface area contributed by atoms with Gasteiger partial charge in [0.05, 0.1) is 0 Å². The molecule has 2 atom stereocenters. The van der Waals surface area contributed by atoms with E-state index in [9.17, 15) is 0 Å². The van der Waals surface area contributed by atoms with Gasteiger partial charge in [-0.15, -0.1) is 0 Å². The van der Waals surface area contributed by atoms with Crippen molar-refractivity contribution >= 4 is 29.2 Å². The van der Waals surface area contributed by atoms with E-state index in [2.05, 4.69) is 104 Å². The molecule has 27 heavy (non-hydrogen) atoms. The van der Waals surface area contributed by atoms with Crippen molar-refractivity contribution < 1.29 is 42.2 Å². The molecule has 0 fully saturated rings. The van der Waals surface area contributed by atoms with Gasteiger partial charge in [0.1, 0.15) is 0 Å². The molecule has 2 aliphatic rings. The van der Waals surface area contributed by atoms with Crippen LogP contribution in [0.1, 0.15) is 43.4 Å². The van der Waals surface area contributed by atoms with Crippen molar-refractivity contribution in [2.24, 2.45) is 0 Å². The molecule has 0 bridgehead atoms. The van der Waals surface area contributed by atoms with Gasteiger partial charge in [0, 0.05) is 0 Å². The van der Waals surface area contributed by atoms with Crippen LogP contribution in [-0.2, 0) is 17.3 Å². The average molecular weight is 515 g/mol. The fourth-order valence-corrected chi connectivity index (χ4v) is 32.2. The van der Waals surface area contributed by atoms with E-state index in [1.165, 1.54) is 11.1 Å². The second-order valence-electron chi connectivity index (χ2n) is 7.03. The minimum absolute atomic E-state index is 0. The van der Waals surface area contributed by atoms with E-state index in [4.69, 9.17) is 0 Å². The first-order chi connectivity index (χ1) is 12.1. The molecule has 0 N–H and O–H groups in total. The Morgan fingerprint density at radius 1 is 0.667 bits per heavy atom. The summed E-state index contributed by atoms with van der Waals surface area (Å²) in [5.74, 6) is 0. The third kappa shape index (κ3) is 3.68. The van der Waals surface area contributed by atoms with Crippen LogP contribution in [0.15, 0.2) is 59.7 Å². The fraction of sp³-hybridized carbons (Fsp3) is 0.273. The number of rotatable bonds is 4. The molecule has 0 radical (unpaired) electrons. The van der Waals surface area contributed by atoms with E-state index in [1.54, 1.807) is 22.3 Å². The van der Waals surface area contributed by atoms with Crippen LogP contribution in [0.4, 0.5) is 0 Å². The molecule has 0 spiro atoms. The van der Waals surface area contributed by atoms with Crippen LogP contribution in [0.3, 0.4) is 0 Å². The maximum absolute atomic E-state index is 2.77. The van der Waals surface area contributed by atoms with Crippen molar-refractivity contribution in [2.45, 2.75) is 21.1 Å². The fourth-order valence-electron chi connectivity index (χ4n) is 4.75. The number of hydrogen-bond acceptors (Lipinski definition) is 2. The largest absolute Gasteiger partial charge is 1.00 e. The maximum Gasteiger partial charge on any atom is -1.00 e. The Labute approximate surface area is 185 Å². The molecule has 2 aliphatic carbocycles. The van der Waals surface area contributed by atoms with E-state index in [-0.39, 0.29) is 24.8 Å². The van der Waals surface area contributed by atoms with Gasteiger partial charge in [0.25, 0.3) is 0 Å². The third-order valence-electron chi connectivity index (χ3n) is 5.73. The second kappa shape index (κ2) is 9.27. The summed E-state index contributed by atoms with van der Waals surface area (Å²) in [7, 11) is 4.48. The van der Waals surface area contributed by atoms with Gasteiger partial charge >= 0.3 is 162 Å². The summed E-state index contributed by atoms with van der Waals surface area (Å²) in [6, 6.07) is 18.1. The van der Waals surface area contributed by atoms with Crippen LogP contribution in [0.25, 0.3) is 12.2 Å². The number of halogens is 2. The maximum atomic E-state index is 2.44. The zero-order valence-electron chi connectivity index (χ0n) is 16.0. The summed E-state index contributed by atoms with van der Waals surface area (Å²) in [6.45, 7) is 4.73. The van der Waals surface area contributed by atoms with Crippen molar-refractivity contribution in [3.63, 3.8) is 0 Å². The Kier molecular flexibility index (Phi) is 8.02. The quantitative estimate of drug-likeness (QED) is 0.598. The molecule has 0 saturated carbocycles. The van der Waals surface area contributed by atoms with Crippen LogP contribution in [0.5, 0.6) is 0 Å². The Morgan fingerprint density at radius 2 is 1.04 bits per heavy atom. The van der Waals surface area contributed by atoms with Gasteiger partial charge in [-0.25, -0.2) is 0 Å². The summed E-state index contributed by atoms with van der Waals surface area (Å²) in [5, 5.41) is 0. The average Bonchev–Trinajstić information content (AvgIpc) is 3.14. The Bertz CT molecular complexity index is 818. The van der Waals surface area contributed by atoms with E-state index in [1.807, 2.05) is 0 Å². The van der Waals surface area contributed by atoms with Gasteiger partial charge in [-0.1, -0.05) is 0 Å². The molecule has 142 valence electrons. The van der Waals surface area contributed by atoms with Crippen LogP contribution in [0, 0.1) is 0 Å². The molecule has 2 aromatic carbocycles. The molecule has 0 aliphatic heterocycles. The van der Waals surface area contributed by atoms with Crippen molar-refractivity contribution in [1.82, 2.24) is 0 Å². The smallest absolute Gasteiger partial charge is 1.00 e. The summed E-state index contributed by atoms with van der Waals surface area (Å²) in [5.41, 5.74) is 9.22. The molecule has 0 heterocycles. The molecule has 2 unspecified atom stereocenters. The number of fused-ring (bicyclic) bond motifs is 2. The van der Waals surface area contributed by atoms with Crippen molar-refractivity contribution in [1.29, 1.82) is 0 Å². The molecule has 5 heteroatoms. The molecular weight excluding hydrogens is 491 g/mol. The van der Waals surface area contributed by atoms with Crippen molar-refractivity contribution in [2.75, 3.05) is 12.5 Å². The second-order valence-corrected chi connectivity index (χ2v) is 29.8. The minimum Gasteiger partial charge on any atom is -1.00 e. The Hall–Kier alpha value is 0.0831. The van der Waals surface area contributed by atoms with Crippen LogP contribution in [-0.4, -0.2) is 12.5 Å². The zero-order valence-corrected chi connectivity index (χ0v) is 21.6. The Morgan fingerprint density at radius 3 is 1.41 bits per heavy atom.